The summed E-state index contributed by atoms with van der Waals surface area (Å²) in [6.07, 6.45) is -4.54. The van der Waals surface area contributed by atoms with Gasteiger partial charge in [-0.05, 0) is 29.8 Å². The van der Waals surface area contributed by atoms with E-state index in [9.17, 15) is 18.0 Å². The van der Waals surface area contributed by atoms with Crippen LogP contribution in [0.1, 0.15) is 15.2 Å². The number of hydrogen-bond donors (Lipinski definition) is 1. The van der Waals surface area contributed by atoms with Crippen LogP contribution in [0.15, 0.2) is 30.3 Å². The Kier molecular flexibility index (Phi) is 3.56. The number of halogens is 4. The van der Waals surface area contributed by atoms with Crippen LogP contribution in [0.5, 0.6) is 0 Å². The van der Waals surface area contributed by atoms with E-state index in [1.165, 1.54) is 18.2 Å². The van der Waals surface area contributed by atoms with E-state index in [1.54, 1.807) is 0 Å². The Hall–Kier alpha value is -1.53. The van der Waals surface area contributed by atoms with Crippen molar-refractivity contribution in [2.75, 3.05) is 0 Å². The van der Waals surface area contributed by atoms with Gasteiger partial charge in [0.05, 0.1) is 10.6 Å². The topological polar surface area (TPSA) is 37.3 Å². The van der Waals surface area contributed by atoms with Crippen LogP contribution in [-0.4, -0.2) is 11.1 Å². The molecule has 0 spiro atoms. The Balaban J connectivity index is 2.48. The quantitative estimate of drug-likeness (QED) is 0.866. The molecule has 0 aliphatic rings. The van der Waals surface area contributed by atoms with Gasteiger partial charge in [0.1, 0.15) is 4.88 Å². The third kappa shape index (κ3) is 2.90. The second-order valence-corrected chi connectivity index (χ2v) is 5.15. The van der Waals surface area contributed by atoms with Crippen molar-refractivity contribution in [3.05, 3.63) is 45.8 Å². The van der Waals surface area contributed by atoms with Crippen LogP contribution in [0.4, 0.5) is 13.2 Å². The Bertz CT molecular complexity index is 634. The lowest BCUT2D eigenvalue weighted by atomic mass is 10.1. The summed E-state index contributed by atoms with van der Waals surface area (Å²) in [6.45, 7) is 0. The van der Waals surface area contributed by atoms with E-state index in [-0.39, 0.29) is 15.5 Å². The van der Waals surface area contributed by atoms with Gasteiger partial charge in [-0.1, -0.05) is 17.7 Å². The molecule has 0 unspecified atom stereocenters. The van der Waals surface area contributed by atoms with Crippen LogP contribution in [-0.2, 0) is 6.18 Å². The van der Waals surface area contributed by atoms with E-state index in [2.05, 4.69) is 0 Å². The number of rotatable bonds is 2. The fourth-order valence-electron chi connectivity index (χ4n) is 1.50. The fourth-order valence-corrected chi connectivity index (χ4v) is 2.57. The first kappa shape index (κ1) is 13.9. The fraction of sp³-hybridized carbons (Fsp3) is 0.0833. The molecule has 0 radical (unpaired) electrons. The monoisotopic (exact) mass is 306 g/mol. The molecule has 2 rings (SSSR count). The number of carboxylic acid groups (broad SMARTS) is 1. The second kappa shape index (κ2) is 4.86. The lowest BCUT2D eigenvalue weighted by Gasteiger charge is -2.10. The molecule has 100 valence electrons. The molecule has 0 saturated heterocycles. The minimum atomic E-state index is -4.54. The third-order valence-corrected chi connectivity index (χ3v) is 3.82. The molecule has 19 heavy (non-hydrogen) atoms. The molecule has 0 amide bonds. The largest absolute Gasteiger partial charge is 0.477 e. The highest BCUT2D eigenvalue weighted by atomic mass is 35.5. The Morgan fingerprint density at radius 1 is 1.21 bits per heavy atom. The molecule has 0 bridgehead atoms. The van der Waals surface area contributed by atoms with Gasteiger partial charge in [0.15, 0.2) is 0 Å². The molecule has 2 nitrogen and oxygen atoms in total. The number of hydrogen-bond acceptors (Lipinski definition) is 2. The number of thiophene rings is 1. The van der Waals surface area contributed by atoms with Gasteiger partial charge in [-0.25, -0.2) is 4.79 Å². The zero-order chi connectivity index (χ0) is 14.2. The van der Waals surface area contributed by atoms with Gasteiger partial charge < -0.3 is 5.11 Å². The maximum Gasteiger partial charge on any atom is 0.417 e. The Morgan fingerprint density at radius 3 is 2.42 bits per heavy atom. The number of benzene rings is 1. The van der Waals surface area contributed by atoms with Gasteiger partial charge in [0.25, 0.3) is 0 Å². The predicted molar refractivity (Wildman–Crippen MR) is 66.7 cm³/mol. The Morgan fingerprint density at radius 2 is 1.89 bits per heavy atom. The summed E-state index contributed by atoms with van der Waals surface area (Å²) in [5.41, 5.74) is -0.647. The average Bonchev–Trinajstić information content (AvgIpc) is 2.77. The van der Waals surface area contributed by atoms with Crippen LogP contribution in [0.3, 0.4) is 0 Å². The van der Waals surface area contributed by atoms with Crippen molar-refractivity contribution in [2.24, 2.45) is 0 Å². The second-order valence-electron chi connectivity index (χ2n) is 3.66. The van der Waals surface area contributed by atoms with Crippen molar-refractivity contribution in [3.8, 4) is 10.4 Å². The highest BCUT2D eigenvalue weighted by molar-refractivity contribution is 7.17. The maximum atomic E-state index is 12.7. The van der Waals surface area contributed by atoms with E-state index in [4.69, 9.17) is 16.7 Å². The molecule has 7 heteroatoms. The van der Waals surface area contributed by atoms with Crippen LogP contribution in [0, 0.1) is 0 Å². The predicted octanol–water partition coefficient (Wildman–Crippen LogP) is 4.79. The summed E-state index contributed by atoms with van der Waals surface area (Å²) < 4.78 is 38.1. The van der Waals surface area contributed by atoms with Crippen LogP contribution in [0.2, 0.25) is 5.02 Å². The molecule has 0 saturated carbocycles. The molecule has 1 heterocycles. The summed E-state index contributed by atoms with van der Waals surface area (Å²) in [6, 6.07) is 6.32. The normalized spacial score (nSPS) is 11.6. The molecule has 0 aliphatic carbocycles. The molecular weight excluding hydrogens is 301 g/mol. The Labute approximate surface area is 115 Å². The third-order valence-electron chi connectivity index (χ3n) is 2.37. The summed E-state index contributed by atoms with van der Waals surface area (Å²) >= 11 is 6.42. The van der Waals surface area contributed by atoms with Crippen LogP contribution < -0.4 is 0 Å². The lowest BCUT2D eigenvalue weighted by molar-refractivity contribution is -0.137. The maximum absolute atomic E-state index is 12.7. The molecule has 0 aliphatic heterocycles. The SMILES string of the molecule is O=C(O)c1ccc(-c2ccc(Cl)c(C(F)(F)F)c2)s1. The molecule has 0 fully saturated rings. The minimum absolute atomic E-state index is 0.0681. The van der Waals surface area contributed by atoms with Gasteiger partial charge >= 0.3 is 12.1 Å². The van der Waals surface area contributed by atoms with E-state index in [0.29, 0.717) is 4.88 Å². The number of alkyl halides is 3. The van der Waals surface area contributed by atoms with E-state index in [0.717, 1.165) is 23.5 Å². The van der Waals surface area contributed by atoms with E-state index < -0.39 is 17.7 Å². The van der Waals surface area contributed by atoms with Crippen molar-refractivity contribution in [1.82, 2.24) is 0 Å². The number of aromatic carboxylic acids is 1. The smallest absolute Gasteiger partial charge is 0.417 e. The highest BCUT2D eigenvalue weighted by Gasteiger charge is 2.33. The summed E-state index contributed by atoms with van der Waals surface area (Å²) in [4.78, 5) is 11.2. The van der Waals surface area contributed by atoms with Gasteiger partial charge in [0.2, 0.25) is 0 Å². The lowest BCUT2D eigenvalue weighted by Crippen LogP contribution is -2.05. The first-order chi connectivity index (χ1) is 8.79. The number of carbonyl (C=O) groups is 1. The summed E-state index contributed by atoms with van der Waals surface area (Å²) in [7, 11) is 0. The standard InChI is InChI=1S/C12H6ClF3O2S/c13-8-2-1-6(5-7(8)12(14,15)16)9-3-4-10(19-9)11(17)18/h1-5H,(H,17,18). The first-order valence-electron chi connectivity index (χ1n) is 4.99. The van der Waals surface area contributed by atoms with Gasteiger partial charge in [-0.2, -0.15) is 13.2 Å². The van der Waals surface area contributed by atoms with Crippen molar-refractivity contribution in [3.63, 3.8) is 0 Å². The zero-order valence-electron chi connectivity index (χ0n) is 9.16. The molecular formula is C12H6ClF3O2S. The van der Waals surface area contributed by atoms with Crippen LogP contribution in [0.25, 0.3) is 10.4 Å². The van der Waals surface area contributed by atoms with Crippen molar-refractivity contribution < 1.29 is 23.1 Å². The van der Waals surface area contributed by atoms with Gasteiger partial charge in [-0.3, -0.25) is 0 Å². The summed E-state index contributed by atoms with van der Waals surface area (Å²) in [5, 5.41) is 8.40. The number of carboxylic acids is 1. The average molecular weight is 307 g/mol. The first-order valence-corrected chi connectivity index (χ1v) is 6.19. The molecule has 1 aromatic heterocycles. The highest BCUT2D eigenvalue weighted by Crippen LogP contribution is 2.38. The zero-order valence-corrected chi connectivity index (χ0v) is 10.7. The van der Waals surface area contributed by atoms with E-state index in [1.807, 2.05) is 0 Å². The summed E-state index contributed by atoms with van der Waals surface area (Å²) in [5.74, 6) is -1.11. The van der Waals surface area contributed by atoms with Crippen molar-refractivity contribution >= 4 is 28.9 Å². The molecule has 2 aromatic rings. The molecule has 0 atom stereocenters. The van der Waals surface area contributed by atoms with Gasteiger partial charge in [-0.15, -0.1) is 11.3 Å². The van der Waals surface area contributed by atoms with E-state index >= 15 is 0 Å². The van der Waals surface area contributed by atoms with Crippen molar-refractivity contribution in [2.45, 2.75) is 6.18 Å². The minimum Gasteiger partial charge on any atom is -0.477 e. The molecule has 1 N–H and O–H groups in total. The van der Waals surface area contributed by atoms with Crippen molar-refractivity contribution in [1.29, 1.82) is 0 Å². The van der Waals surface area contributed by atoms with Crippen LogP contribution >= 0.6 is 22.9 Å². The van der Waals surface area contributed by atoms with Gasteiger partial charge in [0, 0.05) is 4.88 Å². The molecule has 1 aromatic carbocycles.